The van der Waals surface area contributed by atoms with Gasteiger partial charge in [0.05, 0.1) is 5.54 Å². The molecule has 1 aliphatic heterocycles. The zero-order valence-electron chi connectivity index (χ0n) is 11.7. The highest BCUT2D eigenvalue weighted by Crippen LogP contribution is 2.26. The first-order chi connectivity index (χ1) is 8.47. The molecule has 2 aliphatic rings. The molecule has 0 aromatic heterocycles. The summed E-state index contributed by atoms with van der Waals surface area (Å²) in [6.07, 6.45) is 7.65. The highest BCUT2D eigenvalue weighted by Gasteiger charge is 2.29. The van der Waals surface area contributed by atoms with Gasteiger partial charge in [-0.1, -0.05) is 12.8 Å². The van der Waals surface area contributed by atoms with E-state index in [4.69, 9.17) is 5.73 Å². The largest absolute Gasteiger partial charge is 0.352 e. The van der Waals surface area contributed by atoms with Gasteiger partial charge in [-0.2, -0.15) is 0 Å². The molecule has 0 bridgehead atoms. The second kappa shape index (κ2) is 5.57. The Bertz CT molecular complexity index is 284. The highest BCUT2D eigenvalue weighted by atomic mass is 16.2. The number of nitrogens with one attached hydrogen (secondary N) is 1. The van der Waals surface area contributed by atoms with Crippen LogP contribution in [0.2, 0.25) is 0 Å². The van der Waals surface area contributed by atoms with E-state index in [9.17, 15) is 4.79 Å². The van der Waals surface area contributed by atoms with Crippen LogP contribution in [0.4, 0.5) is 0 Å². The Morgan fingerprint density at radius 2 is 1.72 bits per heavy atom. The molecule has 4 nitrogen and oxygen atoms in total. The van der Waals surface area contributed by atoms with E-state index in [2.05, 4.69) is 10.2 Å². The van der Waals surface area contributed by atoms with Crippen molar-refractivity contribution in [3.05, 3.63) is 0 Å². The summed E-state index contributed by atoms with van der Waals surface area (Å²) in [5, 5.41) is 3.08. The fraction of sp³-hybridized carbons (Fsp3) is 0.929. The molecule has 4 heteroatoms. The highest BCUT2D eigenvalue weighted by molar-refractivity contribution is 5.85. The van der Waals surface area contributed by atoms with Gasteiger partial charge in [-0.3, -0.25) is 4.79 Å². The molecule has 0 unspecified atom stereocenters. The molecule has 3 N–H and O–H groups in total. The van der Waals surface area contributed by atoms with E-state index in [1.165, 1.54) is 25.7 Å². The summed E-state index contributed by atoms with van der Waals surface area (Å²) < 4.78 is 0. The maximum Gasteiger partial charge on any atom is 0.239 e. The molecule has 0 atom stereocenters. The number of nitrogens with two attached hydrogens (primary N) is 1. The van der Waals surface area contributed by atoms with Crippen molar-refractivity contribution in [1.82, 2.24) is 10.2 Å². The van der Waals surface area contributed by atoms with Gasteiger partial charge in [0.25, 0.3) is 0 Å². The Kier molecular flexibility index (Phi) is 4.28. The van der Waals surface area contributed by atoms with Crippen LogP contribution in [-0.4, -0.2) is 41.5 Å². The quantitative estimate of drug-likeness (QED) is 0.796. The third-order valence-corrected chi connectivity index (χ3v) is 4.29. The van der Waals surface area contributed by atoms with Gasteiger partial charge < -0.3 is 16.0 Å². The molecule has 1 saturated heterocycles. The lowest BCUT2D eigenvalue weighted by Gasteiger charge is -2.37. The second-order valence-electron chi connectivity index (χ2n) is 6.44. The number of likely N-dealkylation sites (tertiary alicyclic amines) is 1. The summed E-state index contributed by atoms with van der Waals surface area (Å²) >= 11 is 0. The van der Waals surface area contributed by atoms with Crippen LogP contribution in [0.5, 0.6) is 0 Å². The smallest absolute Gasteiger partial charge is 0.239 e. The van der Waals surface area contributed by atoms with E-state index < -0.39 is 5.54 Å². The second-order valence-corrected chi connectivity index (χ2v) is 6.44. The third-order valence-electron chi connectivity index (χ3n) is 4.29. The number of carbonyl (C=O) groups is 1. The van der Waals surface area contributed by atoms with Crippen LogP contribution in [0.15, 0.2) is 0 Å². The lowest BCUT2D eigenvalue weighted by Crippen LogP contribution is -2.54. The Labute approximate surface area is 110 Å². The maximum absolute atomic E-state index is 11.8. The number of amides is 1. The van der Waals surface area contributed by atoms with Crippen molar-refractivity contribution in [3.8, 4) is 0 Å². The number of carbonyl (C=O) groups excluding carboxylic acids is 1. The summed E-state index contributed by atoms with van der Waals surface area (Å²) in [5.74, 6) is -0.0261. The first-order valence-corrected chi connectivity index (χ1v) is 7.31. The van der Waals surface area contributed by atoms with Crippen LogP contribution >= 0.6 is 0 Å². The minimum absolute atomic E-state index is 0.0261. The molecule has 0 spiro atoms. The van der Waals surface area contributed by atoms with Crippen molar-refractivity contribution in [2.75, 3.05) is 13.1 Å². The van der Waals surface area contributed by atoms with Gasteiger partial charge in [0, 0.05) is 25.2 Å². The number of rotatable bonds is 3. The van der Waals surface area contributed by atoms with E-state index in [0.29, 0.717) is 6.04 Å². The molecule has 1 saturated carbocycles. The van der Waals surface area contributed by atoms with Gasteiger partial charge in [0.1, 0.15) is 0 Å². The standard InChI is InChI=1S/C14H27N3O/c1-14(2,15)13(18)16-11-7-9-17(10-8-11)12-5-3-4-6-12/h11-12H,3-10,15H2,1-2H3,(H,16,18). The van der Waals surface area contributed by atoms with Crippen LogP contribution in [0.3, 0.4) is 0 Å². The van der Waals surface area contributed by atoms with Gasteiger partial charge in [-0.25, -0.2) is 0 Å². The number of hydrogen-bond donors (Lipinski definition) is 2. The number of hydrogen-bond acceptors (Lipinski definition) is 3. The van der Waals surface area contributed by atoms with Crippen LogP contribution in [-0.2, 0) is 4.79 Å². The lowest BCUT2D eigenvalue weighted by atomic mass is 10.00. The molecule has 104 valence electrons. The molecular weight excluding hydrogens is 226 g/mol. The van der Waals surface area contributed by atoms with Gasteiger partial charge in [0.15, 0.2) is 0 Å². The zero-order valence-corrected chi connectivity index (χ0v) is 11.7. The van der Waals surface area contributed by atoms with E-state index in [1.807, 2.05) is 0 Å². The summed E-state index contributed by atoms with van der Waals surface area (Å²) in [6, 6.07) is 1.13. The molecule has 1 amide bonds. The molecule has 1 aliphatic carbocycles. The van der Waals surface area contributed by atoms with Crippen LogP contribution in [0.1, 0.15) is 52.4 Å². The fourth-order valence-corrected chi connectivity index (χ4v) is 3.05. The Hall–Kier alpha value is -0.610. The van der Waals surface area contributed by atoms with E-state index >= 15 is 0 Å². The zero-order chi connectivity index (χ0) is 13.2. The molecule has 0 aromatic rings. The van der Waals surface area contributed by atoms with Crippen molar-refractivity contribution in [2.24, 2.45) is 5.73 Å². The van der Waals surface area contributed by atoms with E-state index in [0.717, 1.165) is 32.0 Å². The maximum atomic E-state index is 11.8. The van der Waals surface area contributed by atoms with E-state index in [-0.39, 0.29) is 5.91 Å². The summed E-state index contributed by atoms with van der Waals surface area (Å²) in [4.78, 5) is 14.4. The molecule has 0 aromatic carbocycles. The van der Waals surface area contributed by atoms with Crippen molar-refractivity contribution in [2.45, 2.75) is 70.0 Å². The van der Waals surface area contributed by atoms with Crippen molar-refractivity contribution in [3.63, 3.8) is 0 Å². The van der Waals surface area contributed by atoms with Gasteiger partial charge in [0.2, 0.25) is 5.91 Å². The first kappa shape index (κ1) is 13.8. The predicted molar refractivity (Wildman–Crippen MR) is 73.3 cm³/mol. The van der Waals surface area contributed by atoms with Gasteiger partial charge in [-0.05, 0) is 39.5 Å². The number of nitrogens with zero attached hydrogens (tertiary/aromatic N) is 1. The SMILES string of the molecule is CC(C)(N)C(=O)NC1CCN(C2CCCC2)CC1. The predicted octanol–water partition coefficient (Wildman–Crippen LogP) is 1.25. The Morgan fingerprint density at radius 3 is 2.22 bits per heavy atom. The third kappa shape index (κ3) is 3.45. The molecule has 1 heterocycles. The topological polar surface area (TPSA) is 58.4 Å². The Balaban J connectivity index is 1.74. The lowest BCUT2D eigenvalue weighted by molar-refractivity contribution is -0.126. The van der Waals surface area contributed by atoms with Crippen LogP contribution in [0, 0.1) is 0 Å². The summed E-state index contributed by atoms with van der Waals surface area (Å²) in [5.41, 5.74) is 5.04. The average Bonchev–Trinajstić information content (AvgIpc) is 2.82. The van der Waals surface area contributed by atoms with Gasteiger partial charge in [-0.15, -0.1) is 0 Å². The summed E-state index contributed by atoms with van der Waals surface area (Å²) in [6.45, 7) is 5.77. The van der Waals surface area contributed by atoms with Gasteiger partial charge >= 0.3 is 0 Å². The average molecular weight is 253 g/mol. The molecule has 18 heavy (non-hydrogen) atoms. The van der Waals surface area contributed by atoms with Crippen molar-refractivity contribution >= 4 is 5.91 Å². The molecular formula is C14H27N3O. The first-order valence-electron chi connectivity index (χ1n) is 7.31. The summed E-state index contributed by atoms with van der Waals surface area (Å²) in [7, 11) is 0. The van der Waals surface area contributed by atoms with Crippen molar-refractivity contribution in [1.29, 1.82) is 0 Å². The molecule has 0 radical (unpaired) electrons. The number of piperidine rings is 1. The molecule has 2 fully saturated rings. The van der Waals surface area contributed by atoms with Crippen LogP contribution in [0.25, 0.3) is 0 Å². The fourth-order valence-electron chi connectivity index (χ4n) is 3.05. The Morgan fingerprint density at radius 1 is 1.17 bits per heavy atom. The minimum atomic E-state index is -0.761. The van der Waals surface area contributed by atoms with E-state index in [1.54, 1.807) is 13.8 Å². The normalized spacial score (nSPS) is 24.4. The van der Waals surface area contributed by atoms with Crippen LogP contribution < -0.4 is 11.1 Å². The minimum Gasteiger partial charge on any atom is -0.352 e. The van der Waals surface area contributed by atoms with Crippen molar-refractivity contribution < 1.29 is 4.79 Å². The monoisotopic (exact) mass is 253 g/mol. The molecule has 2 rings (SSSR count).